The number of Topliss-reactive ketones (excluding diaryl/α,β-unsaturated/α-hetero) is 1. The first-order valence-corrected chi connectivity index (χ1v) is 10.6. The summed E-state index contributed by atoms with van der Waals surface area (Å²) < 4.78 is 5.67. The Morgan fingerprint density at radius 1 is 1.24 bits per heavy atom. The molecule has 2 aliphatic rings. The van der Waals surface area contributed by atoms with E-state index in [9.17, 15) is 9.59 Å². The molecule has 1 saturated carbocycles. The lowest BCUT2D eigenvalue weighted by atomic mass is 9.57. The van der Waals surface area contributed by atoms with Gasteiger partial charge < -0.3 is 9.64 Å². The van der Waals surface area contributed by atoms with Crippen LogP contribution in [-0.2, 0) is 14.9 Å². The van der Waals surface area contributed by atoms with Gasteiger partial charge in [0.2, 0.25) is 0 Å². The van der Waals surface area contributed by atoms with Crippen molar-refractivity contribution in [2.24, 2.45) is 0 Å². The van der Waals surface area contributed by atoms with E-state index in [1.54, 1.807) is 4.90 Å². The van der Waals surface area contributed by atoms with E-state index in [0.717, 1.165) is 30.4 Å². The maximum Gasteiger partial charge on any atom is 0.410 e. The molecule has 2 fully saturated rings. The summed E-state index contributed by atoms with van der Waals surface area (Å²) in [5.41, 5.74) is 0.813. The van der Waals surface area contributed by atoms with E-state index in [2.05, 4.69) is 0 Å². The number of hydrogen-bond acceptors (Lipinski definition) is 4. The number of likely N-dealkylation sites (tertiary alicyclic amines) is 1. The van der Waals surface area contributed by atoms with Gasteiger partial charge in [-0.05, 0) is 57.7 Å². The molecule has 0 bridgehead atoms. The molecule has 1 unspecified atom stereocenters. The Morgan fingerprint density at radius 2 is 1.86 bits per heavy atom. The summed E-state index contributed by atoms with van der Waals surface area (Å²) in [6.45, 7) is 6.02. The van der Waals surface area contributed by atoms with Gasteiger partial charge in [0.25, 0.3) is 0 Å². The number of hydrogen-bond donors (Lipinski definition) is 0. The van der Waals surface area contributed by atoms with Gasteiger partial charge in [0, 0.05) is 42.9 Å². The van der Waals surface area contributed by atoms with Crippen LogP contribution in [0.25, 0.3) is 0 Å². The van der Waals surface area contributed by atoms with Gasteiger partial charge in [-0.15, -0.1) is 0 Å². The molecule has 0 radical (unpaired) electrons. The van der Waals surface area contributed by atoms with Crippen LogP contribution in [0.4, 0.5) is 4.79 Å². The van der Waals surface area contributed by atoms with Crippen molar-refractivity contribution in [3.8, 4) is 0 Å². The number of nitrogens with zero attached hydrogens (tertiary/aromatic N) is 2. The summed E-state index contributed by atoms with van der Waals surface area (Å²) in [6, 6.07) is 7.14. The zero-order valence-corrected chi connectivity index (χ0v) is 18.8. The van der Waals surface area contributed by atoms with Gasteiger partial charge >= 0.3 is 6.09 Å². The first-order chi connectivity index (χ1) is 13.5. The van der Waals surface area contributed by atoms with Crippen molar-refractivity contribution in [1.29, 1.82) is 0 Å². The second kappa shape index (κ2) is 8.02. The quantitative estimate of drug-likeness (QED) is 0.662. The third-order valence-corrected chi connectivity index (χ3v) is 5.98. The molecule has 6 heteroatoms. The second-order valence-corrected chi connectivity index (χ2v) is 9.76. The summed E-state index contributed by atoms with van der Waals surface area (Å²) in [5.74, 6) is 0.0189. The smallest absolute Gasteiger partial charge is 0.410 e. The van der Waals surface area contributed by atoms with Crippen LogP contribution in [0.15, 0.2) is 36.0 Å². The lowest BCUT2D eigenvalue weighted by Crippen LogP contribution is -2.63. The van der Waals surface area contributed by atoms with Crippen LogP contribution >= 0.6 is 11.6 Å². The van der Waals surface area contributed by atoms with Gasteiger partial charge in [0.1, 0.15) is 11.6 Å². The van der Waals surface area contributed by atoms with Crippen molar-refractivity contribution < 1.29 is 14.3 Å². The molecule has 1 aromatic rings. The van der Waals surface area contributed by atoms with Crippen molar-refractivity contribution in [2.75, 3.05) is 20.6 Å². The van der Waals surface area contributed by atoms with Gasteiger partial charge in [0.15, 0.2) is 5.78 Å². The normalized spacial score (nSPS) is 23.0. The zero-order valence-electron chi connectivity index (χ0n) is 18.0. The molecular formula is C23H31ClN2O3. The van der Waals surface area contributed by atoms with Crippen molar-refractivity contribution in [2.45, 2.75) is 63.5 Å². The average Bonchev–Trinajstić information content (AvgIpc) is 2.56. The van der Waals surface area contributed by atoms with Gasteiger partial charge in [-0.1, -0.05) is 30.2 Å². The molecule has 1 saturated heterocycles. The number of carbonyl (C=O) groups is 2. The lowest BCUT2D eigenvalue weighted by molar-refractivity contribution is -0.127. The SMILES string of the molecule is CN(C)/C=C1\CCN(C(=O)OC(C)(C)C)C(C2(c3ccc(Cl)cc3)CCC2)C1=O. The molecule has 1 aromatic carbocycles. The summed E-state index contributed by atoms with van der Waals surface area (Å²) in [7, 11) is 3.82. The molecule has 1 amide bonds. The maximum atomic E-state index is 13.7. The predicted octanol–water partition coefficient (Wildman–Crippen LogP) is 4.79. The van der Waals surface area contributed by atoms with Crippen molar-refractivity contribution in [3.05, 3.63) is 46.6 Å². The largest absolute Gasteiger partial charge is 0.444 e. The fraction of sp³-hybridized carbons (Fsp3) is 0.565. The highest BCUT2D eigenvalue weighted by molar-refractivity contribution is 6.30. The van der Waals surface area contributed by atoms with Crippen molar-refractivity contribution >= 4 is 23.5 Å². The van der Waals surface area contributed by atoms with Gasteiger partial charge in [-0.2, -0.15) is 0 Å². The molecule has 3 rings (SSSR count). The highest BCUT2D eigenvalue weighted by Gasteiger charge is 2.54. The highest BCUT2D eigenvalue weighted by atomic mass is 35.5. The minimum atomic E-state index is -0.614. The van der Waals surface area contributed by atoms with E-state index >= 15 is 0 Å². The number of ketones is 1. The molecule has 0 N–H and O–H groups in total. The average molecular weight is 419 g/mol. The minimum Gasteiger partial charge on any atom is -0.444 e. The highest BCUT2D eigenvalue weighted by Crippen LogP contribution is 2.50. The number of carbonyl (C=O) groups excluding carboxylic acids is 2. The first kappa shape index (κ1) is 21.7. The Bertz CT molecular complexity index is 804. The molecule has 1 heterocycles. The third kappa shape index (κ3) is 4.45. The van der Waals surface area contributed by atoms with Gasteiger partial charge in [-0.25, -0.2) is 4.79 Å². The van der Waals surface area contributed by atoms with Crippen molar-refractivity contribution in [3.63, 3.8) is 0 Å². The minimum absolute atomic E-state index is 0.0189. The molecule has 0 spiro atoms. The predicted molar refractivity (Wildman–Crippen MR) is 115 cm³/mol. The first-order valence-electron chi connectivity index (χ1n) is 10.2. The molecule has 1 atom stereocenters. The Kier molecular flexibility index (Phi) is 6.00. The number of benzene rings is 1. The number of ether oxygens (including phenoxy) is 1. The molecule has 1 aliphatic heterocycles. The van der Waals surface area contributed by atoms with Crippen LogP contribution < -0.4 is 0 Å². The van der Waals surface area contributed by atoms with Gasteiger partial charge in [-0.3, -0.25) is 9.69 Å². The molecule has 158 valence electrons. The van der Waals surface area contributed by atoms with Crippen LogP contribution in [0.2, 0.25) is 5.02 Å². The van der Waals surface area contributed by atoms with Crippen LogP contribution in [0, 0.1) is 0 Å². The number of rotatable bonds is 3. The number of amides is 1. The molecule has 0 aromatic heterocycles. The second-order valence-electron chi connectivity index (χ2n) is 9.33. The monoisotopic (exact) mass is 418 g/mol. The standard InChI is InChI=1S/C23H31ClN2O3/c1-22(2,3)29-21(28)26-14-11-16(15-25(4)5)19(27)20(26)23(12-6-13-23)17-7-9-18(24)10-8-17/h7-10,15,20H,6,11-14H2,1-5H3/b16-15+. The lowest BCUT2D eigenvalue weighted by Gasteiger charge is -2.52. The van der Waals surface area contributed by atoms with E-state index in [1.807, 2.05) is 70.2 Å². The summed E-state index contributed by atoms with van der Waals surface area (Å²) in [5, 5.41) is 0.662. The number of piperidine rings is 1. The molecule has 1 aliphatic carbocycles. The summed E-state index contributed by atoms with van der Waals surface area (Å²) in [4.78, 5) is 30.3. The Morgan fingerprint density at radius 3 is 2.34 bits per heavy atom. The van der Waals surface area contributed by atoms with Crippen LogP contribution in [-0.4, -0.2) is 54.0 Å². The van der Waals surface area contributed by atoms with E-state index in [1.165, 1.54) is 0 Å². The fourth-order valence-corrected chi connectivity index (χ4v) is 4.50. The van der Waals surface area contributed by atoms with Crippen molar-refractivity contribution in [1.82, 2.24) is 9.80 Å². The maximum absolute atomic E-state index is 13.7. The Labute approximate surface area is 178 Å². The fourth-order valence-electron chi connectivity index (χ4n) is 4.38. The zero-order chi connectivity index (χ0) is 21.4. The Hall–Kier alpha value is -2.01. The van der Waals surface area contributed by atoms with Gasteiger partial charge in [0.05, 0.1) is 0 Å². The van der Waals surface area contributed by atoms with Crippen LogP contribution in [0.5, 0.6) is 0 Å². The molecular weight excluding hydrogens is 388 g/mol. The van der Waals surface area contributed by atoms with E-state index in [-0.39, 0.29) is 5.78 Å². The number of halogens is 1. The molecule has 29 heavy (non-hydrogen) atoms. The Balaban J connectivity index is 2.04. The van der Waals surface area contributed by atoms with E-state index in [4.69, 9.17) is 16.3 Å². The van der Waals surface area contributed by atoms with Crippen LogP contribution in [0.1, 0.15) is 52.0 Å². The van der Waals surface area contributed by atoms with E-state index in [0.29, 0.717) is 18.0 Å². The van der Waals surface area contributed by atoms with E-state index < -0.39 is 23.2 Å². The topological polar surface area (TPSA) is 49.9 Å². The summed E-state index contributed by atoms with van der Waals surface area (Å²) >= 11 is 6.10. The van der Waals surface area contributed by atoms with Crippen LogP contribution in [0.3, 0.4) is 0 Å². The molecule has 5 nitrogen and oxygen atoms in total. The summed E-state index contributed by atoms with van der Waals surface area (Å²) in [6.07, 6.45) is 4.75. The third-order valence-electron chi connectivity index (χ3n) is 5.73.